The monoisotopic (exact) mass is 406 g/mol. The first-order valence-corrected chi connectivity index (χ1v) is 10.7. The van der Waals surface area contributed by atoms with Crippen molar-refractivity contribution in [1.82, 2.24) is 4.72 Å². The summed E-state index contributed by atoms with van der Waals surface area (Å²) < 4.78 is 47.0. The van der Waals surface area contributed by atoms with Gasteiger partial charge in [-0.3, -0.25) is 4.79 Å². The van der Waals surface area contributed by atoms with E-state index in [0.29, 0.717) is 12.3 Å². The van der Waals surface area contributed by atoms with Gasteiger partial charge in [-0.1, -0.05) is 19.1 Å². The maximum absolute atomic E-state index is 14.2. The van der Waals surface area contributed by atoms with Crippen LogP contribution in [0.2, 0.25) is 0 Å². The summed E-state index contributed by atoms with van der Waals surface area (Å²) in [5, 5.41) is 2.59. The van der Waals surface area contributed by atoms with Gasteiger partial charge in [0.1, 0.15) is 5.82 Å². The summed E-state index contributed by atoms with van der Waals surface area (Å²) in [6.07, 6.45) is 2.38. The fraction of sp³-hybridized carbons (Fsp3) is 0.350. The maximum Gasteiger partial charge on any atom is 0.258 e. The fourth-order valence-corrected chi connectivity index (χ4v) is 4.05. The predicted molar refractivity (Wildman–Crippen MR) is 104 cm³/mol. The second kappa shape index (κ2) is 8.81. The Bertz CT molecular complexity index is 939. The number of sulfonamides is 1. The molecule has 28 heavy (non-hydrogen) atoms. The van der Waals surface area contributed by atoms with E-state index in [1.54, 1.807) is 12.1 Å². The molecule has 3 rings (SSSR count). The van der Waals surface area contributed by atoms with Crippen molar-refractivity contribution < 1.29 is 22.3 Å². The highest BCUT2D eigenvalue weighted by Crippen LogP contribution is 2.18. The van der Waals surface area contributed by atoms with Crippen molar-refractivity contribution in [2.45, 2.75) is 37.2 Å². The van der Waals surface area contributed by atoms with E-state index in [1.165, 1.54) is 0 Å². The SMILES string of the molecule is CCc1ccc(NC(=O)c2cc(S(=O)(=O)NCC3CCCO3)ccc2F)cc1. The van der Waals surface area contributed by atoms with Gasteiger partial charge in [0.25, 0.3) is 5.91 Å². The molecule has 150 valence electrons. The van der Waals surface area contributed by atoms with Crippen LogP contribution in [0.3, 0.4) is 0 Å². The molecular formula is C20H23FN2O4S. The third-order valence-corrected chi connectivity index (χ3v) is 6.06. The van der Waals surface area contributed by atoms with Crippen LogP contribution < -0.4 is 10.0 Å². The summed E-state index contributed by atoms with van der Waals surface area (Å²) in [6.45, 7) is 2.78. The van der Waals surface area contributed by atoms with Crippen molar-refractivity contribution in [1.29, 1.82) is 0 Å². The van der Waals surface area contributed by atoms with Gasteiger partial charge in [-0.15, -0.1) is 0 Å². The standard InChI is InChI=1S/C20H23FN2O4S/c1-2-14-5-7-15(8-6-14)23-20(24)18-12-17(9-10-19(18)21)28(25,26)22-13-16-4-3-11-27-16/h5-10,12,16,22H,2-4,11,13H2,1H3,(H,23,24). The molecule has 2 N–H and O–H groups in total. The summed E-state index contributed by atoms with van der Waals surface area (Å²) >= 11 is 0. The van der Waals surface area contributed by atoms with Crippen LogP contribution in [0.1, 0.15) is 35.7 Å². The molecule has 1 amide bonds. The number of hydrogen-bond donors (Lipinski definition) is 2. The lowest BCUT2D eigenvalue weighted by molar-refractivity contribution is 0.102. The molecule has 2 aromatic rings. The van der Waals surface area contributed by atoms with Crippen molar-refractivity contribution in [2.24, 2.45) is 0 Å². The third kappa shape index (κ3) is 4.95. The number of rotatable bonds is 7. The minimum Gasteiger partial charge on any atom is -0.377 e. The van der Waals surface area contributed by atoms with Crippen LogP contribution in [0.5, 0.6) is 0 Å². The van der Waals surface area contributed by atoms with E-state index in [1.807, 2.05) is 19.1 Å². The molecule has 0 bridgehead atoms. The lowest BCUT2D eigenvalue weighted by Crippen LogP contribution is -2.32. The molecule has 1 aliphatic heterocycles. The Balaban J connectivity index is 1.74. The Hall–Kier alpha value is -2.29. The number of aryl methyl sites for hydroxylation is 1. The van der Waals surface area contributed by atoms with Crippen LogP contribution in [0.4, 0.5) is 10.1 Å². The number of hydrogen-bond acceptors (Lipinski definition) is 4. The molecule has 8 heteroatoms. The number of carbonyl (C=O) groups excluding carboxylic acids is 1. The third-order valence-electron chi connectivity index (χ3n) is 4.64. The molecule has 0 spiro atoms. The highest BCUT2D eigenvalue weighted by atomic mass is 32.2. The highest BCUT2D eigenvalue weighted by molar-refractivity contribution is 7.89. The number of ether oxygens (including phenoxy) is 1. The minimum atomic E-state index is -3.88. The number of amides is 1. The topological polar surface area (TPSA) is 84.5 Å². The molecule has 6 nitrogen and oxygen atoms in total. The number of halogens is 1. The van der Waals surface area contributed by atoms with Crippen molar-refractivity contribution in [3.8, 4) is 0 Å². The van der Waals surface area contributed by atoms with E-state index in [4.69, 9.17) is 4.74 Å². The summed E-state index contributed by atoms with van der Waals surface area (Å²) in [7, 11) is -3.88. The first-order valence-electron chi connectivity index (χ1n) is 9.20. The molecule has 0 saturated carbocycles. The lowest BCUT2D eigenvalue weighted by atomic mass is 10.1. The zero-order valence-electron chi connectivity index (χ0n) is 15.6. The van der Waals surface area contributed by atoms with Crippen molar-refractivity contribution >= 4 is 21.6 Å². The Kier molecular flexibility index (Phi) is 6.43. The summed E-state index contributed by atoms with van der Waals surface area (Å²) in [6, 6.07) is 10.3. The summed E-state index contributed by atoms with van der Waals surface area (Å²) in [4.78, 5) is 12.3. The van der Waals surface area contributed by atoms with Crippen LogP contribution in [-0.4, -0.2) is 33.6 Å². The van der Waals surface area contributed by atoms with Gasteiger partial charge in [-0.2, -0.15) is 0 Å². The van der Waals surface area contributed by atoms with E-state index < -0.39 is 21.7 Å². The highest BCUT2D eigenvalue weighted by Gasteiger charge is 2.22. The Morgan fingerprint density at radius 2 is 1.96 bits per heavy atom. The molecule has 2 aromatic carbocycles. The smallest absolute Gasteiger partial charge is 0.258 e. The molecule has 0 aliphatic carbocycles. The van der Waals surface area contributed by atoms with Crippen LogP contribution in [-0.2, 0) is 21.2 Å². The Morgan fingerprint density at radius 1 is 1.21 bits per heavy atom. The average molecular weight is 406 g/mol. The molecule has 0 aromatic heterocycles. The van der Waals surface area contributed by atoms with E-state index in [-0.39, 0.29) is 23.1 Å². The second-order valence-electron chi connectivity index (χ2n) is 6.63. The Labute approximate surface area is 164 Å². The normalized spacial score (nSPS) is 16.9. The van der Waals surface area contributed by atoms with E-state index in [0.717, 1.165) is 43.0 Å². The summed E-state index contributed by atoms with van der Waals surface area (Å²) in [5.74, 6) is -1.50. The van der Waals surface area contributed by atoms with Crippen LogP contribution >= 0.6 is 0 Å². The summed E-state index contributed by atoms with van der Waals surface area (Å²) in [5.41, 5.74) is 1.28. The van der Waals surface area contributed by atoms with E-state index in [9.17, 15) is 17.6 Å². The van der Waals surface area contributed by atoms with E-state index >= 15 is 0 Å². The largest absolute Gasteiger partial charge is 0.377 e. The molecule has 1 saturated heterocycles. The molecular weight excluding hydrogens is 383 g/mol. The minimum absolute atomic E-state index is 0.144. The van der Waals surface area contributed by atoms with Gasteiger partial charge in [0.2, 0.25) is 10.0 Å². The fourth-order valence-electron chi connectivity index (χ4n) is 2.96. The van der Waals surface area contributed by atoms with Crippen LogP contribution in [0, 0.1) is 5.82 Å². The lowest BCUT2D eigenvalue weighted by Gasteiger charge is -2.12. The average Bonchev–Trinajstić information content (AvgIpc) is 3.21. The number of benzene rings is 2. The number of anilines is 1. The zero-order chi connectivity index (χ0) is 20.1. The van der Waals surface area contributed by atoms with E-state index in [2.05, 4.69) is 10.0 Å². The van der Waals surface area contributed by atoms with Gasteiger partial charge in [-0.05, 0) is 55.2 Å². The zero-order valence-corrected chi connectivity index (χ0v) is 16.4. The molecule has 1 unspecified atom stereocenters. The predicted octanol–water partition coefficient (Wildman–Crippen LogP) is 3.10. The first-order chi connectivity index (χ1) is 13.4. The quantitative estimate of drug-likeness (QED) is 0.740. The van der Waals surface area contributed by atoms with Gasteiger partial charge in [-0.25, -0.2) is 17.5 Å². The maximum atomic E-state index is 14.2. The van der Waals surface area contributed by atoms with Gasteiger partial charge < -0.3 is 10.1 Å². The molecule has 0 radical (unpaired) electrons. The van der Waals surface area contributed by atoms with Gasteiger partial charge >= 0.3 is 0 Å². The van der Waals surface area contributed by atoms with Crippen molar-refractivity contribution in [2.75, 3.05) is 18.5 Å². The molecule has 1 aliphatic rings. The van der Waals surface area contributed by atoms with Crippen molar-refractivity contribution in [3.63, 3.8) is 0 Å². The van der Waals surface area contributed by atoms with Crippen LogP contribution in [0.25, 0.3) is 0 Å². The Morgan fingerprint density at radius 3 is 2.61 bits per heavy atom. The van der Waals surface area contributed by atoms with Gasteiger partial charge in [0.15, 0.2) is 0 Å². The molecule has 1 heterocycles. The van der Waals surface area contributed by atoms with Gasteiger partial charge in [0, 0.05) is 18.8 Å². The molecule has 1 fully saturated rings. The number of nitrogens with one attached hydrogen (secondary N) is 2. The second-order valence-corrected chi connectivity index (χ2v) is 8.40. The number of carbonyl (C=O) groups is 1. The first kappa shape index (κ1) is 20.4. The molecule has 1 atom stereocenters. The van der Waals surface area contributed by atoms with Gasteiger partial charge in [0.05, 0.1) is 16.6 Å². The van der Waals surface area contributed by atoms with Crippen LogP contribution in [0.15, 0.2) is 47.4 Å². The van der Waals surface area contributed by atoms with Crippen molar-refractivity contribution in [3.05, 3.63) is 59.4 Å².